The summed E-state index contributed by atoms with van der Waals surface area (Å²) < 4.78 is 26.3. The molecule has 0 bridgehead atoms. The van der Waals surface area contributed by atoms with Gasteiger partial charge in [-0.25, -0.2) is 18.4 Å². The summed E-state index contributed by atoms with van der Waals surface area (Å²) in [5.74, 6) is 0.303. The van der Waals surface area contributed by atoms with Crippen molar-refractivity contribution in [1.29, 1.82) is 0 Å². The molecular formula is C10H9ClN4O2S. The van der Waals surface area contributed by atoms with Crippen LogP contribution in [-0.2, 0) is 10.0 Å². The Morgan fingerprint density at radius 3 is 2.61 bits per heavy atom. The third kappa shape index (κ3) is 2.88. The molecule has 94 valence electrons. The number of pyridine rings is 2. The highest BCUT2D eigenvalue weighted by Crippen LogP contribution is 2.16. The lowest BCUT2D eigenvalue weighted by Gasteiger charge is -2.07. The molecule has 0 atom stereocenters. The van der Waals surface area contributed by atoms with Crippen molar-refractivity contribution in [2.45, 2.75) is 4.90 Å². The third-order valence-corrected chi connectivity index (χ3v) is 3.61. The number of halogens is 1. The van der Waals surface area contributed by atoms with Gasteiger partial charge in [-0.15, -0.1) is 0 Å². The SMILES string of the molecule is Nc1cc(S(=O)(=O)Nc2ccc(Cl)cn2)ccn1. The zero-order valence-electron chi connectivity index (χ0n) is 9.04. The number of nitrogens with one attached hydrogen (secondary N) is 1. The predicted octanol–water partition coefficient (Wildman–Crippen LogP) is 1.51. The van der Waals surface area contributed by atoms with Crippen LogP contribution in [-0.4, -0.2) is 18.4 Å². The summed E-state index contributed by atoms with van der Waals surface area (Å²) in [7, 11) is -3.72. The maximum absolute atomic E-state index is 12.0. The highest BCUT2D eigenvalue weighted by molar-refractivity contribution is 7.92. The van der Waals surface area contributed by atoms with E-state index < -0.39 is 10.0 Å². The molecule has 2 aromatic rings. The van der Waals surface area contributed by atoms with Crippen LogP contribution in [0.3, 0.4) is 0 Å². The molecule has 18 heavy (non-hydrogen) atoms. The molecule has 0 saturated heterocycles. The van der Waals surface area contributed by atoms with Crippen LogP contribution in [0.1, 0.15) is 0 Å². The van der Waals surface area contributed by atoms with Gasteiger partial charge in [-0.2, -0.15) is 0 Å². The highest BCUT2D eigenvalue weighted by Gasteiger charge is 2.15. The minimum Gasteiger partial charge on any atom is -0.384 e. The largest absolute Gasteiger partial charge is 0.384 e. The van der Waals surface area contributed by atoms with Gasteiger partial charge in [0.15, 0.2) is 0 Å². The Morgan fingerprint density at radius 1 is 1.22 bits per heavy atom. The second-order valence-corrected chi connectivity index (χ2v) is 5.50. The molecule has 0 aliphatic heterocycles. The Kier molecular flexibility index (Phi) is 3.35. The Labute approximate surface area is 109 Å². The summed E-state index contributed by atoms with van der Waals surface area (Å²) in [4.78, 5) is 7.59. The molecule has 2 heterocycles. The van der Waals surface area contributed by atoms with E-state index in [2.05, 4.69) is 14.7 Å². The first-order valence-electron chi connectivity index (χ1n) is 4.83. The van der Waals surface area contributed by atoms with E-state index in [1.807, 2.05) is 0 Å². The van der Waals surface area contributed by atoms with Gasteiger partial charge in [-0.05, 0) is 18.2 Å². The fourth-order valence-electron chi connectivity index (χ4n) is 1.23. The van der Waals surface area contributed by atoms with Crippen LogP contribution in [0.4, 0.5) is 11.6 Å². The first-order chi connectivity index (χ1) is 8.47. The van der Waals surface area contributed by atoms with Crippen LogP contribution >= 0.6 is 11.6 Å². The fourth-order valence-corrected chi connectivity index (χ4v) is 2.37. The lowest BCUT2D eigenvalue weighted by atomic mass is 10.5. The monoisotopic (exact) mass is 284 g/mol. The number of nitrogens with two attached hydrogens (primary N) is 1. The first-order valence-corrected chi connectivity index (χ1v) is 6.69. The van der Waals surface area contributed by atoms with Gasteiger partial charge in [0.1, 0.15) is 11.6 Å². The molecule has 6 nitrogen and oxygen atoms in total. The number of hydrogen-bond donors (Lipinski definition) is 2. The highest BCUT2D eigenvalue weighted by atomic mass is 35.5. The summed E-state index contributed by atoms with van der Waals surface area (Å²) in [6.07, 6.45) is 2.67. The van der Waals surface area contributed by atoms with Crippen molar-refractivity contribution in [2.75, 3.05) is 10.5 Å². The molecule has 0 aliphatic carbocycles. The van der Waals surface area contributed by atoms with Gasteiger partial charge < -0.3 is 5.73 Å². The van der Waals surface area contributed by atoms with Crippen LogP contribution in [0.5, 0.6) is 0 Å². The Hall–Kier alpha value is -1.86. The molecule has 3 N–H and O–H groups in total. The van der Waals surface area contributed by atoms with Gasteiger partial charge >= 0.3 is 0 Å². The minimum atomic E-state index is -3.72. The number of anilines is 2. The van der Waals surface area contributed by atoms with E-state index in [9.17, 15) is 8.42 Å². The van der Waals surface area contributed by atoms with Crippen molar-refractivity contribution < 1.29 is 8.42 Å². The molecule has 2 rings (SSSR count). The lowest BCUT2D eigenvalue weighted by molar-refractivity contribution is 0.601. The number of nitrogen functional groups attached to an aromatic ring is 1. The van der Waals surface area contributed by atoms with Gasteiger partial charge in [-0.1, -0.05) is 11.6 Å². The van der Waals surface area contributed by atoms with Gasteiger partial charge in [0.2, 0.25) is 0 Å². The smallest absolute Gasteiger partial charge is 0.263 e. The maximum atomic E-state index is 12.0. The molecule has 0 amide bonds. The number of nitrogens with zero attached hydrogens (tertiary/aromatic N) is 2. The van der Waals surface area contributed by atoms with E-state index in [-0.39, 0.29) is 16.5 Å². The standard InChI is InChI=1S/C10H9ClN4O2S/c11-7-1-2-10(14-6-7)15-18(16,17)8-3-4-13-9(12)5-8/h1-6H,(H2,12,13)(H,14,15). The Morgan fingerprint density at radius 2 is 2.00 bits per heavy atom. The summed E-state index contributed by atoms with van der Waals surface area (Å²) >= 11 is 5.66. The third-order valence-electron chi connectivity index (χ3n) is 2.03. The summed E-state index contributed by atoms with van der Waals surface area (Å²) in [6.45, 7) is 0. The summed E-state index contributed by atoms with van der Waals surface area (Å²) in [5.41, 5.74) is 5.43. The van der Waals surface area contributed by atoms with E-state index >= 15 is 0 Å². The van der Waals surface area contributed by atoms with Gasteiger partial charge in [0.25, 0.3) is 10.0 Å². The predicted molar refractivity (Wildman–Crippen MR) is 68.7 cm³/mol. The van der Waals surface area contributed by atoms with Gasteiger partial charge in [0.05, 0.1) is 9.92 Å². The Balaban J connectivity index is 2.30. The molecule has 0 fully saturated rings. The van der Waals surface area contributed by atoms with Crippen molar-refractivity contribution in [3.8, 4) is 0 Å². The van der Waals surface area contributed by atoms with E-state index in [4.69, 9.17) is 17.3 Å². The molecule has 0 spiro atoms. The first kappa shape index (κ1) is 12.6. The van der Waals surface area contributed by atoms with Crippen molar-refractivity contribution in [3.05, 3.63) is 41.7 Å². The van der Waals surface area contributed by atoms with Crippen molar-refractivity contribution >= 4 is 33.3 Å². The van der Waals surface area contributed by atoms with E-state index in [0.29, 0.717) is 5.02 Å². The van der Waals surface area contributed by atoms with Crippen LogP contribution in [0.25, 0.3) is 0 Å². The van der Waals surface area contributed by atoms with E-state index in [1.165, 1.54) is 36.7 Å². The zero-order chi connectivity index (χ0) is 13.2. The van der Waals surface area contributed by atoms with Gasteiger partial charge in [-0.3, -0.25) is 4.72 Å². The number of aromatic nitrogens is 2. The van der Waals surface area contributed by atoms with Gasteiger partial charge in [0, 0.05) is 18.5 Å². The lowest BCUT2D eigenvalue weighted by Crippen LogP contribution is -2.14. The zero-order valence-corrected chi connectivity index (χ0v) is 10.6. The average molecular weight is 285 g/mol. The summed E-state index contributed by atoms with van der Waals surface area (Å²) in [6, 6.07) is 5.60. The second-order valence-electron chi connectivity index (χ2n) is 3.38. The number of hydrogen-bond acceptors (Lipinski definition) is 5. The summed E-state index contributed by atoms with van der Waals surface area (Å²) in [5, 5.41) is 0.422. The molecule has 8 heteroatoms. The van der Waals surface area contributed by atoms with Crippen LogP contribution < -0.4 is 10.5 Å². The van der Waals surface area contributed by atoms with Crippen LogP contribution in [0, 0.1) is 0 Å². The molecule has 0 saturated carbocycles. The molecular weight excluding hydrogens is 276 g/mol. The second kappa shape index (κ2) is 4.79. The van der Waals surface area contributed by atoms with Crippen molar-refractivity contribution in [3.63, 3.8) is 0 Å². The minimum absolute atomic E-state index is 0.0201. The number of rotatable bonds is 3. The molecule has 2 aromatic heterocycles. The van der Waals surface area contributed by atoms with Crippen LogP contribution in [0.15, 0.2) is 41.6 Å². The fraction of sp³-hybridized carbons (Fsp3) is 0. The van der Waals surface area contributed by atoms with Crippen molar-refractivity contribution in [1.82, 2.24) is 9.97 Å². The number of sulfonamides is 1. The van der Waals surface area contributed by atoms with Crippen molar-refractivity contribution in [2.24, 2.45) is 0 Å². The normalized spacial score (nSPS) is 11.2. The van der Waals surface area contributed by atoms with E-state index in [0.717, 1.165) is 0 Å². The molecule has 0 aliphatic rings. The topological polar surface area (TPSA) is 98.0 Å². The van der Waals surface area contributed by atoms with Crippen LogP contribution in [0.2, 0.25) is 5.02 Å². The molecule has 0 aromatic carbocycles. The quantitative estimate of drug-likeness (QED) is 0.890. The van der Waals surface area contributed by atoms with E-state index in [1.54, 1.807) is 0 Å². The average Bonchev–Trinajstić information content (AvgIpc) is 2.32. The Bertz CT molecular complexity index is 658. The maximum Gasteiger partial charge on any atom is 0.263 e. The molecule has 0 unspecified atom stereocenters. The molecule has 0 radical (unpaired) electrons.